The molecule has 21 heavy (non-hydrogen) atoms. The molecule has 2 atom stereocenters. The number of likely N-dealkylation sites (N-methyl/N-ethyl adjacent to an activating group) is 1. The Labute approximate surface area is 124 Å². The van der Waals surface area contributed by atoms with E-state index in [-0.39, 0.29) is 6.54 Å². The van der Waals surface area contributed by atoms with E-state index in [2.05, 4.69) is 5.32 Å². The highest BCUT2D eigenvalue weighted by molar-refractivity contribution is 7.89. The SMILES string of the molecule is COCCNC(=O)CN(C)S(=O)(=O)C1CCCC1C(=O)O. The van der Waals surface area contributed by atoms with Crippen molar-refractivity contribution >= 4 is 21.9 Å². The summed E-state index contributed by atoms with van der Waals surface area (Å²) in [4.78, 5) is 22.7. The number of rotatable bonds is 8. The summed E-state index contributed by atoms with van der Waals surface area (Å²) in [6.45, 7) is 0.311. The molecule has 1 amide bonds. The fraction of sp³-hybridized carbons (Fsp3) is 0.833. The first-order valence-electron chi connectivity index (χ1n) is 6.74. The molecule has 0 spiro atoms. The first-order chi connectivity index (χ1) is 9.80. The molecule has 0 aromatic heterocycles. The van der Waals surface area contributed by atoms with Crippen LogP contribution >= 0.6 is 0 Å². The summed E-state index contributed by atoms with van der Waals surface area (Å²) in [5, 5.41) is 10.7. The molecule has 2 N–H and O–H groups in total. The number of carboxylic acid groups (broad SMARTS) is 1. The van der Waals surface area contributed by atoms with Crippen LogP contribution in [0.1, 0.15) is 19.3 Å². The molecule has 122 valence electrons. The molecular weight excluding hydrogens is 300 g/mol. The molecule has 1 saturated carbocycles. The number of aliphatic carboxylic acids is 1. The lowest BCUT2D eigenvalue weighted by molar-refractivity contribution is -0.141. The molecule has 1 aliphatic carbocycles. The summed E-state index contributed by atoms with van der Waals surface area (Å²) in [5.41, 5.74) is 0. The van der Waals surface area contributed by atoms with Gasteiger partial charge in [-0.25, -0.2) is 8.42 Å². The van der Waals surface area contributed by atoms with E-state index in [0.717, 1.165) is 4.31 Å². The van der Waals surface area contributed by atoms with Crippen LogP contribution in [0.5, 0.6) is 0 Å². The van der Waals surface area contributed by atoms with E-state index >= 15 is 0 Å². The number of hydrogen-bond donors (Lipinski definition) is 2. The third-order valence-corrected chi connectivity index (χ3v) is 5.91. The smallest absolute Gasteiger partial charge is 0.307 e. The van der Waals surface area contributed by atoms with Gasteiger partial charge in [0, 0.05) is 20.7 Å². The maximum absolute atomic E-state index is 12.4. The van der Waals surface area contributed by atoms with Gasteiger partial charge in [0.05, 0.1) is 24.3 Å². The number of amides is 1. The monoisotopic (exact) mass is 322 g/mol. The molecule has 2 unspecified atom stereocenters. The zero-order valence-electron chi connectivity index (χ0n) is 12.2. The van der Waals surface area contributed by atoms with E-state index in [0.29, 0.717) is 32.4 Å². The topological polar surface area (TPSA) is 113 Å². The molecule has 0 bridgehead atoms. The average molecular weight is 322 g/mol. The van der Waals surface area contributed by atoms with Gasteiger partial charge in [0.25, 0.3) is 0 Å². The van der Waals surface area contributed by atoms with Gasteiger partial charge < -0.3 is 15.2 Å². The molecule has 0 aliphatic heterocycles. The number of methoxy groups -OCH3 is 1. The molecule has 1 fully saturated rings. The van der Waals surface area contributed by atoms with Crippen molar-refractivity contribution in [2.24, 2.45) is 5.92 Å². The van der Waals surface area contributed by atoms with Gasteiger partial charge in [-0.15, -0.1) is 0 Å². The van der Waals surface area contributed by atoms with Crippen molar-refractivity contribution in [2.75, 3.05) is 33.9 Å². The van der Waals surface area contributed by atoms with E-state index in [1.807, 2.05) is 0 Å². The van der Waals surface area contributed by atoms with E-state index < -0.39 is 33.1 Å². The van der Waals surface area contributed by atoms with Gasteiger partial charge in [-0.3, -0.25) is 9.59 Å². The second-order valence-corrected chi connectivity index (χ2v) is 7.32. The van der Waals surface area contributed by atoms with Gasteiger partial charge in [0.1, 0.15) is 0 Å². The number of nitrogens with one attached hydrogen (secondary N) is 1. The number of carbonyl (C=O) groups is 2. The zero-order valence-corrected chi connectivity index (χ0v) is 13.1. The second kappa shape index (κ2) is 7.71. The molecular formula is C12H22N2O6S. The van der Waals surface area contributed by atoms with Crippen LogP contribution in [0, 0.1) is 5.92 Å². The van der Waals surface area contributed by atoms with Gasteiger partial charge >= 0.3 is 5.97 Å². The van der Waals surface area contributed by atoms with Crippen LogP contribution in [-0.2, 0) is 24.3 Å². The highest BCUT2D eigenvalue weighted by Crippen LogP contribution is 2.32. The van der Waals surface area contributed by atoms with E-state index in [9.17, 15) is 18.0 Å². The highest BCUT2D eigenvalue weighted by Gasteiger charge is 2.43. The summed E-state index contributed by atoms with van der Waals surface area (Å²) in [5.74, 6) is -2.43. The van der Waals surface area contributed by atoms with Gasteiger partial charge in [-0.05, 0) is 12.8 Å². The largest absolute Gasteiger partial charge is 0.481 e. The fourth-order valence-electron chi connectivity index (χ4n) is 2.44. The number of nitrogens with zero attached hydrogens (tertiary/aromatic N) is 1. The summed E-state index contributed by atoms with van der Waals surface area (Å²) >= 11 is 0. The predicted molar refractivity (Wildman–Crippen MR) is 75.2 cm³/mol. The normalized spacial score (nSPS) is 22.4. The quantitative estimate of drug-likeness (QED) is 0.569. The van der Waals surface area contributed by atoms with Crippen molar-refractivity contribution in [3.63, 3.8) is 0 Å². The molecule has 9 heteroatoms. The third-order valence-electron chi connectivity index (χ3n) is 3.58. The maximum Gasteiger partial charge on any atom is 0.307 e. The average Bonchev–Trinajstić information content (AvgIpc) is 2.88. The lowest BCUT2D eigenvalue weighted by Gasteiger charge is -2.23. The van der Waals surface area contributed by atoms with E-state index in [1.54, 1.807) is 0 Å². The van der Waals surface area contributed by atoms with Gasteiger partial charge in [-0.2, -0.15) is 4.31 Å². The van der Waals surface area contributed by atoms with Crippen LogP contribution in [0.3, 0.4) is 0 Å². The van der Waals surface area contributed by atoms with Crippen LogP contribution < -0.4 is 5.32 Å². The van der Waals surface area contributed by atoms with Crippen molar-refractivity contribution in [2.45, 2.75) is 24.5 Å². The third kappa shape index (κ3) is 4.65. The number of hydrogen-bond acceptors (Lipinski definition) is 5. The Hall–Kier alpha value is -1.19. The first-order valence-corrected chi connectivity index (χ1v) is 8.24. The van der Waals surface area contributed by atoms with Crippen LogP contribution in [0.15, 0.2) is 0 Å². The lowest BCUT2D eigenvalue weighted by atomic mass is 10.1. The van der Waals surface area contributed by atoms with Crippen LogP contribution in [0.25, 0.3) is 0 Å². The van der Waals surface area contributed by atoms with Crippen molar-refractivity contribution in [1.29, 1.82) is 0 Å². The molecule has 0 heterocycles. The van der Waals surface area contributed by atoms with Crippen molar-refractivity contribution < 1.29 is 27.9 Å². The lowest BCUT2D eigenvalue weighted by Crippen LogP contribution is -2.45. The van der Waals surface area contributed by atoms with Crippen molar-refractivity contribution in [1.82, 2.24) is 9.62 Å². The standard InChI is InChI=1S/C12H22N2O6S/c1-14(8-11(15)13-6-7-20-2)21(18,19)10-5-3-4-9(10)12(16)17/h9-10H,3-8H2,1-2H3,(H,13,15)(H,16,17). The minimum Gasteiger partial charge on any atom is -0.481 e. The Kier molecular flexibility index (Phi) is 6.56. The van der Waals surface area contributed by atoms with E-state index in [1.165, 1.54) is 14.2 Å². The van der Waals surface area contributed by atoms with Crippen LogP contribution in [0.4, 0.5) is 0 Å². The Morgan fingerprint density at radius 2 is 2.05 bits per heavy atom. The Bertz CT molecular complexity index is 478. The van der Waals surface area contributed by atoms with Crippen molar-refractivity contribution in [3.05, 3.63) is 0 Å². The molecule has 0 aromatic carbocycles. The molecule has 8 nitrogen and oxygen atoms in total. The zero-order chi connectivity index (χ0) is 16.0. The highest BCUT2D eigenvalue weighted by atomic mass is 32.2. The Balaban J connectivity index is 2.65. The van der Waals surface area contributed by atoms with Crippen LogP contribution in [-0.4, -0.2) is 68.8 Å². The Morgan fingerprint density at radius 3 is 2.62 bits per heavy atom. The molecule has 0 aromatic rings. The first kappa shape index (κ1) is 17.9. The molecule has 1 rings (SSSR count). The van der Waals surface area contributed by atoms with Crippen LogP contribution in [0.2, 0.25) is 0 Å². The number of carbonyl (C=O) groups excluding carboxylic acids is 1. The summed E-state index contributed by atoms with van der Waals surface area (Å²) in [6.07, 6.45) is 1.23. The summed E-state index contributed by atoms with van der Waals surface area (Å²) in [7, 11) is -1.01. The second-order valence-electron chi connectivity index (χ2n) is 5.06. The Morgan fingerprint density at radius 1 is 1.38 bits per heavy atom. The minimum atomic E-state index is -3.80. The molecule has 1 aliphatic rings. The number of ether oxygens (including phenoxy) is 1. The summed E-state index contributed by atoms with van der Waals surface area (Å²) in [6, 6.07) is 0. The van der Waals surface area contributed by atoms with E-state index in [4.69, 9.17) is 9.84 Å². The fourth-order valence-corrected chi connectivity index (χ4v) is 4.33. The van der Waals surface area contributed by atoms with Crippen molar-refractivity contribution in [3.8, 4) is 0 Å². The van der Waals surface area contributed by atoms with Gasteiger partial charge in [-0.1, -0.05) is 6.42 Å². The molecule has 0 saturated heterocycles. The predicted octanol–water partition coefficient (Wildman–Crippen LogP) is -0.736. The maximum atomic E-state index is 12.4. The summed E-state index contributed by atoms with van der Waals surface area (Å²) < 4.78 is 30.4. The minimum absolute atomic E-state index is 0.296. The van der Waals surface area contributed by atoms with Gasteiger partial charge in [0.2, 0.25) is 15.9 Å². The molecule has 0 radical (unpaired) electrons. The number of carboxylic acids is 1. The number of sulfonamides is 1. The van der Waals surface area contributed by atoms with Gasteiger partial charge in [0.15, 0.2) is 0 Å².